The number of carbonyl (C=O) groups excluding carboxylic acids is 1. The van der Waals surface area contributed by atoms with E-state index in [1.165, 1.54) is 0 Å². The van der Waals surface area contributed by atoms with Gasteiger partial charge in [-0.2, -0.15) is 13.2 Å². The zero-order valence-corrected chi connectivity index (χ0v) is 9.23. The van der Waals surface area contributed by atoms with E-state index in [9.17, 15) is 18.0 Å². The van der Waals surface area contributed by atoms with Gasteiger partial charge in [-0.15, -0.1) is 0 Å². The van der Waals surface area contributed by atoms with Crippen LogP contribution in [0.1, 0.15) is 10.5 Å². The van der Waals surface area contributed by atoms with E-state index in [1.54, 1.807) is 0 Å². The van der Waals surface area contributed by atoms with Crippen molar-refractivity contribution in [1.82, 2.24) is 9.97 Å². The number of aliphatic hydroxyl groups excluding tert-OH is 1. The van der Waals surface area contributed by atoms with E-state index in [1.807, 2.05) is 0 Å². The zero-order valence-electron chi connectivity index (χ0n) is 9.23. The van der Waals surface area contributed by atoms with Crippen LogP contribution in [-0.2, 0) is 4.74 Å². The van der Waals surface area contributed by atoms with Crippen LogP contribution in [0.4, 0.5) is 19.0 Å². The predicted octanol–water partition coefficient (Wildman–Crippen LogP) is 0.598. The molecule has 1 heterocycles. The molecule has 1 rings (SSSR count). The molecule has 1 unspecified atom stereocenters. The van der Waals surface area contributed by atoms with Crippen molar-refractivity contribution in [3.63, 3.8) is 0 Å². The Balaban J connectivity index is 2.66. The molecule has 0 saturated heterocycles. The van der Waals surface area contributed by atoms with Gasteiger partial charge < -0.3 is 15.2 Å². The lowest BCUT2D eigenvalue weighted by Crippen LogP contribution is -2.35. The van der Waals surface area contributed by atoms with Gasteiger partial charge in [0.25, 0.3) is 0 Å². The van der Waals surface area contributed by atoms with Crippen molar-refractivity contribution in [3.05, 3.63) is 18.1 Å². The van der Waals surface area contributed by atoms with Gasteiger partial charge in [0.2, 0.25) is 0 Å². The van der Waals surface area contributed by atoms with Crippen LogP contribution in [0.3, 0.4) is 0 Å². The van der Waals surface area contributed by atoms with Gasteiger partial charge in [-0.3, -0.25) is 4.98 Å². The number of halogens is 3. The van der Waals surface area contributed by atoms with Gasteiger partial charge >= 0.3 is 12.1 Å². The minimum absolute atomic E-state index is 0.0683. The first kappa shape index (κ1) is 14.2. The fraction of sp³-hybridized carbons (Fsp3) is 0.444. The molecule has 0 bridgehead atoms. The number of esters is 1. The number of aromatic nitrogens is 2. The number of ether oxygens (including phenoxy) is 1. The Morgan fingerprint density at radius 2 is 2.22 bits per heavy atom. The Morgan fingerprint density at radius 1 is 1.56 bits per heavy atom. The van der Waals surface area contributed by atoms with E-state index in [0.717, 1.165) is 19.5 Å². The van der Waals surface area contributed by atoms with Gasteiger partial charge in [0.05, 0.1) is 26.0 Å². The molecule has 0 fully saturated rings. The van der Waals surface area contributed by atoms with E-state index >= 15 is 0 Å². The predicted molar refractivity (Wildman–Crippen MR) is 53.9 cm³/mol. The summed E-state index contributed by atoms with van der Waals surface area (Å²) in [6.45, 7) is -0.789. The zero-order chi connectivity index (χ0) is 13.8. The van der Waals surface area contributed by atoms with Crippen LogP contribution < -0.4 is 5.32 Å². The first-order chi connectivity index (χ1) is 8.34. The SMILES string of the molecule is COC(=O)c1cncc(NCC(O)C(F)(F)F)n1. The van der Waals surface area contributed by atoms with E-state index in [0.29, 0.717) is 0 Å². The van der Waals surface area contributed by atoms with Crippen molar-refractivity contribution in [1.29, 1.82) is 0 Å². The van der Waals surface area contributed by atoms with Crippen LogP contribution in [0.15, 0.2) is 12.4 Å². The van der Waals surface area contributed by atoms with E-state index < -0.39 is 24.8 Å². The number of aliphatic hydroxyl groups is 1. The molecule has 2 N–H and O–H groups in total. The minimum Gasteiger partial charge on any atom is -0.464 e. The van der Waals surface area contributed by atoms with Gasteiger partial charge in [0.1, 0.15) is 5.82 Å². The summed E-state index contributed by atoms with van der Waals surface area (Å²) in [5.41, 5.74) is -0.149. The molecule has 18 heavy (non-hydrogen) atoms. The van der Waals surface area contributed by atoms with Gasteiger partial charge in [-0.1, -0.05) is 0 Å². The lowest BCUT2D eigenvalue weighted by molar-refractivity contribution is -0.198. The molecule has 6 nitrogen and oxygen atoms in total. The number of carbonyl (C=O) groups is 1. The highest BCUT2D eigenvalue weighted by Gasteiger charge is 2.37. The summed E-state index contributed by atoms with van der Waals surface area (Å²) in [5, 5.41) is 11.0. The van der Waals surface area contributed by atoms with Crippen LogP contribution in [0.25, 0.3) is 0 Å². The van der Waals surface area contributed by atoms with Gasteiger partial charge in [-0.25, -0.2) is 9.78 Å². The Kier molecular flexibility index (Phi) is 4.43. The maximum Gasteiger partial charge on any atom is 0.416 e. The molecule has 1 atom stereocenters. The molecule has 0 aromatic carbocycles. The quantitative estimate of drug-likeness (QED) is 0.775. The first-order valence-corrected chi connectivity index (χ1v) is 4.73. The summed E-state index contributed by atoms with van der Waals surface area (Å²) in [6, 6.07) is 0. The normalized spacial score (nSPS) is 12.9. The van der Waals surface area contributed by atoms with Crippen LogP contribution in [0, 0.1) is 0 Å². The number of hydrogen-bond donors (Lipinski definition) is 2. The number of nitrogens with one attached hydrogen (secondary N) is 1. The molecule has 0 saturated carbocycles. The van der Waals surface area contributed by atoms with Crippen molar-refractivity contribution < 1.29 is 27.8 Å². The summed E-state index contributed by atoms with van der Waals surface area (Å²) in [6.07, 6.45) is -5.02. The highest BCUT2D eigenvalue weighted by molar-refractivity contribution is 5.87. The summed E-state index contributed by atoms with van der Waals surface area (Å²) < 4.78 is 40.4. The molecule has 0 radical (unpaired) electrons. The van der Waals surface area contributed by atoms with Crippen molar-refractivity contribution >= 4 is 11.8 Å². The number of alkyl halides is 3. The second kappa shape index (κ2) is 5.63. The van der Waals surface area contributed by atoms with Crippen LogP contribution in [-0.4, -0.2) is 47.0 Å². The lowest BCUT2D eigenvalue weighted by atomic mass is 10.3. The van der Waals surface area contributed by atoms with Gasteiger partial charge in [0, 0.05) is 0 Å². The summed E-state index contributed by atoms with van der Waals surface area (Å²) in [4.78, 5) is 18.4. The molecule has 0 aliphatic rings. The number of nitrogens with zero attached hydrogens (tertiary/aromatic N) is 2. The Hall–Kier alpha value is -1.90. The second-order valence-corrected chi connectivity index (χ2v) is 3.22. The van der Waals surface area contributed by atoms with Crippen molar-refractivity contribution in [2.45, 2.75) is 12.3 Å². The lowest BCUT2D eigenvalue weighted by Gasteiger charge is -2.15. The Morgan fingerprint density at radius 3 is 2.78 bits per heavy atom. The maximum absolute atomic E-state index is 12.0. The fourth-order valence-corrected chi connectivity index (χ4v) is 0.971. The van der Waals surface area contributed by atoms with Crippen LogP contribution in [0.5, 0.6) is 0 Å². The number of anilines is 1. The molecule has 0 amide bonds. The largest absolute Gasteiger partial charge is 0.464 e. The third kappa shape index (κ3) is 3.84. The molecule has 1 aromatic rings. The maximum atomic E-state index is 12.0. The molecule has 0 spiro atoms. The smallest absolute Gasteiger partial charge is 0.416 e. The molecular weight excluding hydrogens is 255 g/mol. The molecule has 1 aromatic heterocycles. The standard InChI is InChI=1S/C9H10F3N3O3/c1-18-8(17)5-2-13-4-7(15-5)14-3-6(16)9(10,11)12/h2,4,6,16H,3H2,1H3,(H,14,15). The Labute approximate surface area is 99.8 Å². The third-order valence-corrected chi connectivity index (χ3v) is 1.88. The van der Waals surface area contributed by atoms with E-state index in [4.69, 9.17) is 5.11 Å². The summed E-state index contributed by atoms with van der Waals surface area (Å²) in [7, 11) is 1.14. The highest BCUT2D eigenvalue weighted by Crippen LogP contribution is 2.20. The average Bonchev–Trinajstić information content (AvgIpc) is 2.34. The van der Waals surface area contributed by atoms with Crippen molar-refractivity contribution in [2.24, 2.45) is 0 Å². The molecule has 9 heteroatoms. The number of rotatable bonds is 4. The van der Waals surface area contributed by atoms with E-state index in [-0.39, 0.29) is 11.5 Å². The van der Waals surface area contributed by atoms with Crippen molar-refractivity contribution in [3.8, 4) is 0 Å². The second-order valence-electron chi connectivity index (χ2n) is 3.22. The minimum atomic E-state index is -4.72. The summed E-state index contributed by atoms with van der Waals surface area (Å²) in [5.74, 6) is -0.830. The average molecular weight is 265 g/mol. The molecule has 0 aliphatic heterocycles. The van der Waals surface area contributed by atoms with Gasteiger partial charge in [-0.05, 0) is 0 Å². The number of methoxy groups -OCH3 is 1. The summed E-state index contributed by atoms with van der Waals surface area (Å²) >= 11 is 0. The topological polar surface area (TPSA) is 84.3 Å². The van der Waals surface area contributed by atoms with Crippen molar-refractivity contribution in [2.75, 3.05) is 19.0 Å². The fourth-order valence-electron chi connectivity index (χ4n) is 0.971. The highest BCUT2D eigenvalue weighted by atomic mass is 19.4. The molecule has 100 valence electrons. The first-order valence-electron chi connectivity index (χ1n) is 4.73. The monoisotopic (exact) mass is 265 g/mol. The Bertz CT molecular complexity index is 425. The van der Waals surface area contributed by atoms with E-state index in [2.05, 4.69) is 20.0 Å². The number of hydrogen-bond acceptors (Lipinski definition) is 6. The van der Waals surface area contributed by atoms with Crippen LogP contribution >= 0.6 is 0 Å². The van der Waals surface area contributed by atoms with Crippen LogP contribution in [0.2, 0.25) is 0 Å². The third-order valence-electron chi connectivity index (χ3n) is 1.88. The van der Waals surface area contributed by atoms with Gasteiger partial charge in [0.15, 0.2) is 11.8 Å². The molecular formula is C9H10F3N3O3. The molecule has 0 aliphatic carbocycles.